The first kappa shape index (κ1) is 20.8. The van der Waals surface area contributed by atoms with Gasteiger partial charge >= 0.3 is 11.9 Å². The average Bonchev–Trinajstić information content (AvgIpc) is 3.05. The van der Waals surface area contributed by atoms with Crippen LogP contribution in [0, 0.1) is 0 Å². The Morgan fingerprint density at radius 3 is 2.79 bits per heavy atom. The van der Waals surface area contributed by atoms with Crippen molar-refractivity contribution in [2.24, 2.45) is 0 Å². The smallest absolute Gasteiger partial charge is 0.394 e. The molecular weight excluding hydrogens is 396 g/mol. The van der Waals surface area contributed by atoms with Crippen LogP contribution in [0.3, 0.4) is 0 Å². The number of para-hydroxylation sites is 1. The van der Waals surface area contributed by atoms with Crippen molar-refractivity contribution in [1.82, 2.24) is 5.32 Å². The summed E-state index contributed by atoms with van der Waals surface area (Å²) in [4.78, 5) is 23.2. The van der Waals surface area contributed by atoms with Gasteiger partial charge in [0.05, 0.1) is 25.4 Å². The van der Waals surface area contributed by atoms with Gasteiger partial charge in [0.25, 0.3) is 0 Å². The number of aliphatic carboxylic acids is 1. The molecule has 0 saturated heterocycles. The molecule has 3 rings (SSSR count). The lowest BCUT2D eigenvalue weighted by atomic mass is 10.00. The molecule has 1 aliphatic heterocycles. The Kier molecular flexibility index (Phi) is 6.53. The van der Waals surface area contributed by atoms with E-state index in [1.54, 1.807) is 7.11 Å². The summed E-state index contributed by atoms with van der Waals surface area (Å²) in [6.45, 7) is 5.05. The van der Waals surface area contributed by atoms with Crippen LogP contribution in [-0.2, 0) is 33.9 Å². The van der Waals surface area contributed by atoms with Gasteiger partial charge in [-0.25, -0.2) is 4.79 Å². The molecule has 8 nitrogen and oxygen atoms in total. The molecule has 0 fully saturated rings. The third-order valence-electron chi connectivity index (χ3n) is 4.56. The van der Waals surface area contributed by atoms with E-state index >= 15 is 0 Å². The van der Waals surface area contributed by atoms with Crippen LogP contribution >= 0.6 is 11.3 Å². The molecule has 1 atom stereocenters. The summed E-state index contributed by atoms with van der Waals surface area (Å²) in [6.07, 6.45) is 0.357. The molecule has 0 aliphatic carbocycles. The van der Waals surface area contributed by atoms with Crippen LogP contribution in [0.4, 0.5) is 5.00 Å². The third-order valence-corrected chi connectivity index (χ3v) is 5.68. The molecule has 4 N–H and O–H groups in total. The number of aliphatic hydroxyl groups is 1. The van der Waals surface area contributed by atoms with E-state index in [9.17, 15) is 14.7 Å². The number of benzene rings is 1. The number of nitrogens with one attached hydrogen (secondary N) is 2. The number of fused-ring (bicyclic) bond motifs is 1. The topological polar surface area (TPSA) is 117 Å². The molecule has 0 bridgehead atoms. The highest BCUT2D eigenvalue weighted by Crippen LogP contribution is 2.40. The van der Waals surface area contributed by atoms with Crippen LogP contribution in [0.5, 0.6) is 5.75 Å². The summed E-state index contributed by atoms with van der Waals surface area (Å²) in [7, 11) is 1.63. The van der Waals surface area contributed by atoms with Gasteiger partial charge in [0.15, 0.2) is 0 Å². The Balaban J connectivity index is 1.68. The average molecular weight is 418 g/mol. The summed E-state index contributed by atoms with van der Waals surface area (Å²) < 4.78 is 11.2. The fourth-order valence-corrected chi connectivity index (χ4v) is 4.39. The van der Waals surface area contributed by atoms with Crippen molar-refractivity contribution in [2.75, 3.05) is 19.0 Å². The standard InChI is InChI=1S/C20H22N2O6S/c1-11(23)17-14-7-13(9-21-8-12-5-3-4-6-15(12)27-2)28-10-16(14)29-19(17)22-18(24)20(25)26/h3-6,13,21,23H,1,7-10H2,2H3,(H,22,24)(H,25,26). The summed E-state index contributed by atoms with van der Waals surface area (Å²) in [5, 5.41) is 24.8. The third kappa shape index (κ3) is 4.76. The second-order valence-electron chi connectivity index (χ2n) is 6.49. The van der Waals surface area contributed by atoms with Gasteiger partial charge in [0.1, 0.15) is 16.5 Å². The van der Waals surface area contributed by atoms with Gasteiger partial charge in [-0.2, -0.15) is 0 Å². The number of rotatable bonds is 7. The fourth-order valence-electron chi connectivity index (χ4n) is 3.22. The minimum atomic E-state index is -1.60. The summed E-state index contributed by atoms with van der Waals surface area (Å²) >= 11 is 1.19. The normalized spacial score (nSPS) is 15.4. The number of carboxylic acid groups (broad SMARTS) is 1. The number of anilines is 1. The lowest BCUT2D eigenvalue weighted by Gasteiger charge is -2.24. The zero-order valence-corrected chi connectivity index (χ0v) is 16.7. The van der Waals surface area contributed by atoms with E-state index in [4.69, 9.17) is 14.6 Å². The van der Waals surface area contributed by atoms with Crippen LogP contribution in [0.1, 0.15) is 21.6 Å². The molecule has 29 heavy (non-hydrogen) atoms. The number of hydrogen-bond acceptors (Lipinski definition) is 7. The number of aliphatic hydroxyl groups excluding tert-OH is 1. The van der Waals surface area contributed by atoms with Crippen molar-refractivity contribution in [3.8, 4) is 5.75 Å². The number of thiophene rings is 1. The number of carbonyl (C=O) groups is 2. The van der Waals surface area contributed by atoms with E-state index in [1.807, 2.05) is 24.3 Å². The van der Waals surface area contributed by atoms with Crippen molar-refractivity contribution in [2.45, 2.75) is 25.7 Å². The summed E-state index contributed by atoms with van der Waals surface area (Å²) in [6, 6.07) is 7.74. The Hall–Kier alpha value is -2.88. The van der Waals surface area contributed by atoms with Crippen molar-refractivity contribution < 1.29 is 29.3 Å². The molecule has 2 heterocycles. The second-order valence-corrected chi connectivity index (χ2v) is 7.60. The van der Waals surface area contributed by atoms with Crippen molar-refractivity contribution in [3.05, 3.63) is 52.4 Å². The Labute approximate surface area is 171 Å². The van der Waals surface area contributed by atoms with Gasteiger partial charge in [0, 0.05) is 30.0 Å². The first-order chi connectivity index (χ1) is 13.9. The lowest BCUT2D eigenvalue weighted by Crippen LogP contribution is -2.33. The van der Waals surface area contributed by atoms with Crippen LogP contribution in [0.25, 0.3) is 5.76 Å². The molecule has 0 radical (unpaired) electrons. The monoisotopic (exact) mass is 418 g/mol. The molecule has 1 aliphatic rings. The highest BCUT2D eigenvalue weighted by molar-refractivity contribution is 7.16. The molecule has 0 spiro atoms. The number of carboxylic acids is 1. The number of ether oxygens (including phenoxy) is 2. The molecule has 0 saturated carbocycles. The van der Waals surface area contributed by atoms with Crippen molar-refractivity contribution in [3.63, 3.8) is 0 Å². The Bertz CT molecular complexity index is 939. The maximum absolute atomic E-state index is 11.5. The predicted molar refractivity (Wildman–Crippen MR) is 109 cm³/mol. The predicted octanol–water partition coefficient (Wildman–Crippen LogP) is 2.54. The van der Waals surface area contributed by atoms with E-state index in [0.717, 1.165) is 21.8 Å². The largest absolute Gasteiger partial charge is 0.508 e. The van der Waals surface area contributed by atoms with Crippen molar-refractivity contribution >= 4 is 34.0 Å². The highest BCUT2D eigenvalue weighted by Gasteiger charge is 2.29. The maximum atomic E-state index is 11.5. The zero-order chi connectivity index (χ0) is 21.0. The maximum Gasteiger partial charge on any atom is 0.394 e. The zero-order valence-electron chi connectivity index (χ0n) is 15.9. The van der Waals surface area contributed by atoms with Gasteiger partial charge in [0.2, 0.25) is 0 Å². The summed E-state index contributed by atoms with van der Waals surface area (Å²) in [5.74, 6) is -2.17. The molecule has 2 aromatic rings. The molecule has 154 valence electrons. The molecule has 1 aromatic carbocycles. The Morgan fingerprint density at radius 2 is 2.10 bits per heavy atom. The van der Waals surface area contributed by atoms with Gasteiger partial charge in [-0.3, -0.25) is 4.79 Å². The van der Waals surface area contributed by atoms with E-state index in [2.05, 4.69) is 17.2 Å². The first-order valence-corrected chi connectivity index (χ1v) is 9.73. The number of amides is 1. The van der Waals surface area contributed by atoms with Gasteiger partial charge in [-0.1, -0.05) is 24.8 Å². The van der Waals surface area contributed by atoms with Crippen LogP contribution in [-0.4, -0.2) is 41.8 Å². The molecule has 1 amide bonds. The van der Waals surface area contributed by atoms with E-state index in [1.165, 1.54) is 11.3 Å². The van der Waals surface area contributed by atoms with Crippen LogP contribution < -0.4 is 15.4 Å². The van der Waals surface area contributed by atoms with Gasteiger partial charge in [-0.05, 0) is 11.6 Å². The van der Waals surface area contributed by atoms with Crippen LogP contribution in [0.15, 0.2) is 30.8 Å². The quantitative estimate of drug-likeness (QED) is 0.403. The second kappa shape index (κ2) is 9.08. The minimum Gasteiger partial charge on any atom is -0.508 e. The van der Waals surface area contributed by atoms with Gasteiger partial charge in [-0.15, -0.1) is 11.3 Å². The van der Waals surface area contributed by atoms with Gasteiger partial charge < -0.3 is 30.3 Å². The first-order valence-electron chi connectivity index (χ1n) is 8.92. The van der Waals surface area contributed by atoms with Crippen molar-refractivity contribution in [1.29, 1.82) is 0 Å². The summed E-state index contributed by atoms with van der Waals surface area (Å²) in [5.41, 5.74) is 2.22. The number of methoxy groups -OCH3 is 1. The SMILES string of the molecule is C=C(O)c1c(NC(=O)C(=O)O)sc2c1CC(CNCc1ccccc1OC)OC2. The Morgan fingerprint density at radius 1 is 1.34 bits per heavy atom. The molecule has 1 unspecified atom stereocenters. The minimum absolute atomic E-state index is 0.145. The lowest BCUT2D eigenvalue weighted by molar-refractivity contribution is -0.147. The molecular formula is C20H22N2O6S. The fraction of sp³-hybridized carbons (Fsp3) is 0.300. The highest BCUT2D eigenvalue weighted by atomic mass is 32.1. The van der Waals surface area contributed by atoms with Crippen LogP contribution in [0.2, 0.25) is 0 Å². The van der Waals surface area contributed by atoms with E-state index in [-0.39, 0.29) is 16.9 Å². The van der Waals surface area contributed by atoms with E-state index in [0.29, 0.717) is 31.7 Å². The number of hydrogen-bond donors (Lipinski definition) is 4. The molecule has 9 heteroatoms. The number of carbonyl (C=O) groups excluding carboxylic acids is 1. The molecule has 1 aromatic heterocycles. The van der Waals surface area contributed by atoms with E-state index < -0.39 is 11.9 Å².